The van der Waals surface area contributed by atoms with Gasteiger partial charge in [-0.15, -0.1) is 0 Å². The SMILES string of the molecule is Cc1ccc(-c2ccc(C(=O)N(C)C)cc2)cc1NC(=O)C1(c2ccc3c(c2)OCO3)CC1. The van der Waals surface area contributed by atoms with E-state index in [4.69, 9.17) is 9.47 Å². The molecule has 0 radical (unpaired) electrons. The molecule has 0 saturated heterocycles. The average Bonchev–Trinajstić information content (AvgIpc) is 3.51. The van der Waals surface area contributed by atoms with Crippen LogP contribution in [0.15, 0.2) is 60.7 Å². The highest BCUT2D eigenvalue weighted by atomic mass is 16.7. The highest BCUT2D eigenvalue weighted by Gasteiger charge is 2.51. The lowest BCUT2D eigenvalue weighted by atomic mass is 9.94. The van der Waals surface area contributed by atoms with Gasteiger partial charge < -0.3 is 19.7 Å². The number of fused-ring (bicyclic) bond motifs is 1. The molecule has 1 saturated carbocycles. The number of hydrogen-bond acceptors (Lipinski definition) is 4. The molecule has 2 aliphatic rings. The molecule has 168 valence electrons. The molecule has 3 aromatic carbocycles. The predicted molar refractivity (Wildman–Crippen MR) is 127 cm³/mol. The van der Waals surface area contributed by atoms with Crippen molar-refractivity contribution in [3.63, 3.8) is 0 Å². The summed E-state index contributed by atoms with van der Waals surface area (Å²) in [6.07, 6.45) is 1.61. The molecule has 1 aliphatic heterocycles. The van der Waals surface area contributed by atoms with Crippen LogP contribution < -0.4 is 14.8 Å². The van der Waals surface area contributed by atoms with Crippen LogP contribution in [0.25, 0.3) is 11.1 Å². The standard InChI is InChI=1S/C27H26N2O4/c1-17-4-5-20(18-6-8-19(9-7-18)25(30)29(2)3)14-22(17)28-26(31)27(12-13-27)21-10-11-23-24(15-21)33-16-32-23/h4-11,14-15H,12-13,16H2,1-3H3,(H,28,31). The first-order valence-corrected chi connectivity index (χ1v) is 11.0. The number of hydrogen-bond donors (Lipinski definition) is 1. The van der Waals surface area contributed by atoms with Gasteiger partial charge in [-0.05, 0) is 72.4 Å². The van der Waals surface area contributed by atoms with Crippen LogP contribution in [0.2, 0.25) is 0 Å². The fourth-order valence-corrected chi connectivity index (χ4v) is 4.21. The van der Waals surface area contributed by atoms with Crippen LogP contribution in [0.1, 0.15) is 34.3 Å². The van der Waals surface area contributed by atoms with Crippen LogP contribution in [0.3, 0.4) is 0 Å². The maximum Gasteiger partial charge on any atom is 0.253 e. The van der Waals surface area contributed by atoms with Crippen molar-refractivity contribution in [3.05, 3.63) is 77.4 Å². The number of benzene rings is 3. The van der Waals surface area contributed by atoms with Crippen molar-refractivity contribution >= 4 is 17.5 Å². The highest BCUT2D eigenvalue weighted by molar-refractivity contribution is 6.02. The Morgan fingerprint density at radius 2 is 1.58 bits per heavy atom. The van der Waals surface area contributed by atoms with Crippen molar-refractivity contribution < 1.29 is 19.1 Å². The molecule has 3 aromatic rings. The minimum atomic E-state index is -0.530. The zero-order chi connectivity index (χ0) is 23.2. The number of nitrogens with one attached hydrogen (secondary N) is 1. The van der Waals surface area contributed by atoms with Crippen molar-refractivity contribution in [2.75, 3.05) is 26.2 Å². The van der Waals surface area contributed by atoms with Crippen molar-refractivity contribution in [1.29, 1.82) is 0 Å². The molecule has 2 amide bonds. The monoisotopic (exact) mass is 442 g/mol. The summed E-state index contributed by atoms with van der Waals surface area (Å²) in [5.41, 5.74) is 4.82. The van der Waals surface area contributed by atoms with E-state index in [9.17, 15) is 9.59 Å². The summed E-state index contributed by atoms with van der Waals surface area (Å²) in [6.45, 7) is 2.20. The van der Waals surface area contributed by atoms with Crippen LogP contribution in [-0.2, 0) is 10.2 Å². The summed E-state index contributed by atoms with van der Waals surface area (Å²) in [5, 5.41) is 3.16. The second-order valence-corrected chi connectivity index (χ2v) is 8.91. The van der Waals surface area contributed by atoms with Crippen LogP contribution in [0, 0.1) is 6.92 Å². The van der Waals surface area contributed by atoms with Gasteiger partial charge in [-0.3, -0.25) is 9.59 Å². The fraction of sp³-hybridized carbons (Fsp3) is 0.259. The quantitative estimate of drug-likeness (QED) is 0.619. The fourth-order valence-electron chi connectivity index (χ4n) is 4.21. The molecule has 33 heavy (non-hydrogen) atoms. The lowest BCUT2D eigenvalue weighted by molar-refractivity contribution is -0.118. The van der Waals surface area contributed by atoms with Crippen molar-refractivity contribution in [1.82, 2.24) is 4.90 Å². The zero-order valence-corrected chi connectivity index (χ0v) is 19.0. The summed E-state index contributed by atoms with van der Waals surface area (Å²) >= 11 is 0. The summed E-state index contributed by atoms with van der Waals surface area (Å²) in [6, 6.07) is 19.3. The largest absolute Gasteiger partial charge is 0.454 e. The molecule has 6 nitrogen and oxygen atoms in total. The molecular weight excluding hydrogens is 416 g/mol. The molecular formula is C27H26N2O4. The molecule has 0 spiro atoms. The van der Waals surface area contributed by atoms with E-state index >= 15 is 0 Å². The maximum absolute atomic E-state index is 13.4. The number of aryl methyl sites for hydroxylation is 1. The second-order valence-electron chi connectivity index (χ2n) is 8.91. The smallest absolute Gasteiger partial charge is 0.253 e. The molecule has 0 aromatic heterocycles. The van der Waals surface area contributed by atoms with E-state index in [0.29, 0.717) is 11.3 Å². The Morgan fingerprint density at radius 1 is 0.879 bits per heavy atom. The molecule has 0 atom stereocenters. The molecule has 6 heteroatoms. The van der Waals surface area contributed by atoms with Gasteiger partial charge in [-0.25, -0.2) is 0 Å². The lowest BCUT2D eigenvalue weighted by Gasteiger charge is -2.18. The third kappa shape index (κ3) is 3.82. The van der Waals surface area contributed by atoms with E-state index in [0.717, 1.165) is 46.5 Å². The van der Waals surface area contributed by atoms with E-state index < -0.39 is 5.41 Å². The molecule has 0 bridgehead atoms. The normalized spacial score (nSPS) is 15.1. The van der Waals surface area contributed by atoms with Crippen molar-refractivity contribution in [2.45, 2.75) is 25.2 Å². The van der Waals surface area contributed by atoms with Crippen LogP contribution in [-0.4, -0.2) is 37.6 Å². The summed E-state index contributed by atoms with van der Waals surface area (Å²) in [4.78, 5) is 27.1. The predicted octanol–water partition coefficient (Wildman–Crippen LogP) is 4.76. The number of nitrogens with zero attached hydrogens (tertiary/aromatic N) is 1. The van der Waals surface area contributed by atoms with Gasteiger partial charge in [0, 0.05) is 25.3 Å². The van der Waals surface area contributed by atoms with E-state index in [1.165, 1.54) is 0 Å². The summed E-state index contributed by atoms with van der Waals surface area (Å²) < 4.78 is 10.9. The van der Waals surface area contributed by atoms with Gasteiger partial charge in [0.15, 0.2) is 11.5 Å². The topological polar surface area (TPSA) is 67.9 Å². The minimum absolute atomic E-state index is 0.00598. The van der Waals surface area contributed by atoms with Crippen LogP contribution >= 0.6 is 0 Å². The van der Waals surface area contributed by atoms with Gasteiger partial charge >= 0.3 is 0 Å². The second kappa shape index (κ2) is 7.96. The van der Waals surface area contributed by atoms with Crippen molar-refractivity contribution in [2.24, 2.45) is 0 Å². The minimum Gasteiger partial charge on any atom is -0.454 e. The van der Waals surface area contributed by atoms with Gasteiger partial charge in [0.25, 0.3) is 5.91 Å². The molecule has 1 N–H and O–H groups in total. The summed E-state index contributed by atoms with van der Waals surface area (Å²) in [5.74, 6) is 1.38. The third-order valence-corrected chi connectivity index (χ3v) is 6.47. The number of ether oxygens (including phenoxy) is 2. The van der Waals surface area contributed by atoms with Gasteiger partial charge in [0.05, 0.1) is 5.41 Å². The summed E-state index contributed by atoms with van der Waals surface area (Å²) in [7, 11) is 3.47. The third-order valence-electron chi connectivity index (χ3n) is 6.47. The number of anilines is 1. The first-order chi connectivity index (χ1) is 15.9. The molecule has 1 fully saturated rings. The van der Waals surface area contributed by atoms with E-state index in [1.54, 1.807) is 19.0 Å². The van der Waals surface area contributed by atoms with Crippen molar-refractivity contribution in [3.8, 4) is 22.6 Å². The lowest BCUT2D eigenvalue weighted by Crippen LogP contribution is -2.28. The number of carbonyl (C=O) groups excluding carboxylic acids is 2. The Hall–Kier alpha value is -3.80. The zero-order valence-electron chi connectivity index (χ0n) is 19.0. The molecule has 0 unspecified atom stereocenters. The van der Waals surface area contributed by atoms with Gasteiger partial charge in [0.1, 0.15) is 0 Å². The maximum atomic E-state index is 13.4. The first kappa shape index (κ1) is 21.1. The molecule has 1 heterocycles. The Kier molecular flexibility index (Phi) is 5.08. The van der Waals surface area contributed by atoms with E-state index in [-0.39, 0.29) is 18.6 Å². The number of carbonyl (C=O) groups is 2. The number of rotatable bonds is 5. The Bertz CT molecular complexity index is 1240. The van der Waals surface area contributed by atoms with E-state index in [1.807, 2.05) is 67.6 Å². The Labute approximate surface area is 193 Å². The van der Waals surface area contributed by atoms with Crippen LogP contribution in [0.4, 0.5) is 5.69 Å². The number of amides is 2. The first-order valence-electron chi connectivity index (χ1n) is 11.0. The highest BCUT2D eigenvalue weighted by Crippen LogP contribution is 2.51. The van der Waals surface area contributed by atoms with Gasteiger partial charge in [-0.1, -0.05) is 30.3 Å². The van der Waals surface area contributed by atoms with Gasteiger partial charge in [-0.2, -0.15) is 0 Å². The average molecular weight is 443 g/mol. The van der Waals surface area contributed by atoms with Crippen LogP contribution in [0.5, 0.6) is 11.5 Å². The Morgan fingerprint density at radius 3 is 2.27 bits per heavy atom. The van der Waals surface area contributed by atoms with E-state index in [2.05, 4.69) is 5.32 Å². The molecule has 1 aliphatic carbocycles. The van der Waals surface area contributed by atoms with Gasteiger partial charge in [0.2, 0.25) is 12.7 Å². The Balaban J connectivity index is 1.38. The molecule has 5 rings (SSSR count).